The number of carbonyl (C=O) groups is 1. The van der Waals surface area contributed by atoms with Gasteiger partial charge >= 0.3 is 6.09 Å². The van der Waals surface area contributed by atoms with Gasteiger partial charge in [-0.2, -0.15) is 0 Å². The zero-order valence-electron chi connectivity index (χ0n) is 19.1. The standard InChI is InChI=1S/C22H35NO7/c1-22(2,3)30-21(24)23-12-14-8-9-15-16(17(10-14)29-13-25-4)11-18(26-5)20(28-7)19(15)27-6/h11,14,17H,8-10,12-13H2,1-7H3,(H,23,24). The number of hydrogen-bond acceptors (Lipinski definition) is 7. The average Bonchev–Trinajstić information content (AvgIpc) is 2.87. The van der Waals surface area contributed by atoms with Crippen molar-refractivity contribution >= 4 is 6.09 Å². The van der Waals surface area contributed by atoms with Gasteiger partial charge in [-0.25, -0.2) is 4.79 Å². The highest BCUT2D eigenvalue weighted by molar-refractivity contribution is 5.67. The molecule has 1 aliphatic rings. The lowest BCUT2D eigenvalue weighted by Gasteiger charge is -2.24. The monoisotopic (exact) mass is 425 g/mol. The molecule has 1 N–H and O–H groups in total. The zero-order chi connectivity index (χ0) is 22.3. The first-order chi connectivity index (χ1) is 14.2. The summed E-state index contributed by atoms with van der Waals surface area (Å²) in [6, 6.07) is 1.95. The van der Waals surface area contributed by atoms with Crippen LogP contribution in [0.1, 0.15) is 50.8 Å². The van der Waals surface area contributed by atoms with E-state index in [2.05, 4.69) is 5.32 Å². The van der Waals surface area contributed by atoms with E-state index in [9.17, 15) is 4.79 Å². The van der Waals surface area contributed by atoms with Crippen LogP contribution >= 0.6 is 0 Å². The third-order valence-electron chi connectivity index (χ3n) is 4.99. The van der Waals surface area contributed by atoms with E-state index in [0.717, 1.165) is 24.0 Å². The summed E-state index contributed by atoms with van der Waals surface area (Å²) in [5.41, 5.74) is 1.48. The summed E-state index contributed by atoms with van der Waals surface area (Å²) in [7, 11) is 6.40. The molecule has 0 fully saturated rings. The number of nitrogens with one attached hydrogen (secondary N) is 1. The molecule has 8 heteroatoms. The predicted molar refractivity (Wildman–Crippen MR) is 112 cm³/mol. The molecule has 1 amide bonds. The van der Waals surface area contributed by atoms with Gasteiger partial charge in [0.1, 0.15) is 12.4 Å². The molecule has 1 aliphatic carbocycles. The van der Waals surface area contributed by atoms with E-state index < -0.39 is 11.7 Å². The fourth-order valence-electron chi connectivity index (χ4n) is 3.71. The number of rotatable bonds is 8. The number of alkyl carbamates (subject to hydrolysis) is 1. The van der Waals surface area contributed by atoms with Crippen LogP contribution in [0.15, 0.2) is 6.07 Å². The number of carbonyl (C=O) groups excluding carboxylic acids is 1. The summed E-state index contributed by atoms with van der Waals surface area (Å²) in [5.74, 6) is 1.99. The van der Waals surface area contributed by atoms with Crippen LogP contribution in [-0.4, -0.2) is 53.5 Å². The molecule has 0 spiro atoms. The van der Waals surface area contributed by atoms with Gasteiger partial charge in [-0.1, -0.05) is 0 Å². The molecule has 1 aromatic rings. The summed E-state index contributed by atoms with van der Waals surface area (Å²) in [6.07, 6.45) is 1.67. The molecule has 30 heavy (non-hydrogen) atoms. The topological polar surface area (TPSA) is 84.5 Å². The normalized spacial score (nSPS) is 18.8. The molecular formula is C22H35NO7. The molecule has 2 rings (SSSR count). The second-order valence-corrected chi connectivity index (χ2v) is 8.30. The quantitative estimate of drug-likeness (QED) is 0.500. The number of ether oxygens (including phenoxy) is 6. The van der Waals surface area contributed by atoms with E-state index in [0.29, 0.717) is 30.2 Å². The summed E-state index contributed by atoms with van der Waals surface area (Å²) in [5, 5.41) is 2.89. The minimum atomic E-state index is -0.533. The van der Waals surface area contributed by atoms with Gasteiger partial charge in [0.05, 0.1) is 27.4 Å². The third kappa shape index (κ3) is 6.15. The van der Waals surface area contributed by atoms with Crippen LogP contribution < -0.4 is 19.5 Å². The van der Waals surface area contributed by atoms with Gasteiger partial charge in [0.15, 0.2) is 11.5 Å². The Balaban J connectivity index is 2.28. The summed E-state index contributed by atoms with van der Waals surface area (Å²) >= 11 is 0. The fourth-order valence-corrected chi connectivity index (χ4v) is 3.71. The van der Waals surface area contributed by atoms with Crippen LogP contribution in [0.2, 0.25) is 0 Å². The lowest BCUT2D eigenvalue weighted by Crippen LogP contribution is -2.35. The van der Waals surface area contributed by atoms with Crippen molar-refractivity contribution in [3.63, 3.8) is 0 Å². The molecule has 2 atom stereocenters. The smallest absolute Gasteiger partial charge is 0.407 e. The van der Waals surface area contributed by atoms with Crippen molar-refractivity contribution in [2.45, 2.75) is 51.7 Å². The Hall–Kier alpha value is -2.19. The molecule has 0 aromatic heterocycles. The van der Waals surface area contributed by atoms with Gasteiger partial charge in [0.25, 0.3) is 0 Å². The molecule has 8 nitrogen and oxygen atoms in total. The van der Waals surface area contributed by atoms with Crippen molar-refractivity contribution in [1.29, 1.82) is 0 Å². The maximum absolute atomic E-state index is 12.1. The Morgan fingerprint density at radius 1 is 1.10 bits per heavy atom. The molecule has 0 aliphatic heterocycles. The number of amides is 1. The highest BCUT2D eigenvalue weighted by atomic mass is 16.7. The van der Waals surface area contributed by atoms with Crippen molar-refractivity contribution in [3.05, 3.63) is 17.2 Å². The third-order valence-corrected chi connectivity index (χ3v) is 4.99. The zero-order valence-corrected chi connectivity index (χ0v) is 19.1. The van der Waals surface area contributed by atoms with Crippen molar-refractivity contribution in [1.82, 2.24) is 5.32 Å². The van der Waals surface area contributed by atoms with Gasteiger partial charge in [-0.15, -0.1) is 0 Å². The Morgan fingerprint density at radius 2 is 1.80 bits per heavy atom. The van der Waals surface area contributed by atoms with Crippen molar-refractivity contribution < 1.29 is 33.2 Å². The Kier molecular flexibility index (Phi) is 8.61. The highest BCUT2D eigenvalue weighted by Gasteiger charge is 2.31. The van der Waals surface area contributed by atoms with Crippen molar-refractivity contribution in [2.75, 3.05) is 41.8 Å². The number of methoxy groups -OCH3 is 4. The predicted octanol–water partition coefficient (Wildman–Crippen LogP) is 3.85. The average molecular weight is 426 g/mol. The van der Waals surface area contributed by atoms with E-state index >= 15 is 0 Å². The first kappa shape index (κ1) is 24.1. The van der Waals surface area contributed by atoms with Crippen LogP contribution in [0.25, 0.3) is 0 Å². The van der Waals surface area contributed by atoms with Crippen molar-refractivity contribution in [3.8, 4) is 17.2 Å². The highest BCUT2D eigenvalue weighted by Crippen LogP contribution is 2.47. The van der Waals surface area contributed by atoms with Gasteiger partial charge in [-0.3, -0.25) is 0 Å². The maximum Gasteiger partial charge on any atom is 0.407 e. The second kappa shape index (κ2) is 10.7. The van der Waals surface area contributed by atoms with E-state index in [4.69, 9.17) is 28.4 Å². The lowest BCUT2D eigenvalue weighted by molar-refractivity contribution is -0.0798. The van der Waals surface area contributed by atoms with Crippen LogP contribution in [0.3, 0.4) is 0 Å². The summed E-state index contributed by atoms with van der Waals surface area (Å²) in [4.78, 5) is 12.1. The Bertz CT molecular complexity index is 714. The molecule has 2 unspecified atom stereocenters. The summed E-state index contributed by atoms with van der Waals surface area (Å²) < 4.78 is 33.3. The number of hydrogen-bond donors (Lipinski definition) is 1. The van der Waals surface area contributed by atoms with Crippen LogP contribution in [0.5, 0.6) is 17.2 Å². The maximum atomic E-state index is 12.1. The minimum Gasteiger partial charge on any atom is -0.493 e. The molecule has 0 heterocycles. The van der Waals surface area contributed by atoms with Gasteiger partial charge in [0, 0.05) is 19.2 Å². The molecule has 0 saturated heterocycles. The molecular weight excluding hydrogens is 390 g/mol. The molecule has 0 saturated carbocycles. The van der Waals surface area contributed by atoms with Crippen molar-refractivity contribution in [2.24, 2.45) is 5.92 Å². The molecule has 1 aromatic carbocycles. The van der Waals surface area contributed by atoms with Crippen LogP contribution in [0.4, 0.5) is 4.79 Å². The number of fused-ring (bicyclic) bond motifs is 1. The first-order valence-electron chi connectivity index (χ1n) is 10.1. The Labute approximate surface area is 179 Å². The van der Waals surface area contributed by atoms with Gasteiger partial charge in [-0.05, 0) is 57.6 Å². The Morgan fingerprint density at radius 3 is 2.37 bits per heavy atom. The largest absolute Gasteiger partial charge is 0.493 e. The van der Waals surface area contributed by atoms with E-state index in [1.54, 1.807) is 28.4 Å². The fraction of sp³-hybridized carbons (Fsp3) is 0.682. The van der Waals surface area contributed by atoms with E-state index in [1.165, 1.54) is 0 Å². The molecule has 0 bridgehead atoms. The van der Waals surface area contributed by atoms with Crippen LogP contribution in [0, 0.1) is 5.92 Å². The first-order valence-corrected chi connectivity index (χ1v) is 10.1. The SMILES string of the molecule is COCOC1CC(CNC(=O)OC(C)(C)C)CCc2c1cc(OC)c(OC)c2OC. The molecule has 0 radical (unpaired) electrons. The minimum absolute atomic E-state index is 0.160. The lowest BCUT2D eigenvalue weighted by atomic mass is 9.97. The van der Waals surface area contributed by atoms with E-state index in [1.807, 2.05) is 26.8 Å². The van der Waals surface area contributed by atoms with Gasteiger partial charge < -0.3 is 33.7 Å². The van der Waals surface area contributed by atoms with Gasteiger partial charge in [0.2, 0.25) is 5.75 Å². The van der Waals surface area contributed by atoms with Crippen LogP contribution in [-0.2, 0) is 20.6 Å². The number of benzene rings is 1. The van der Waals surface area contributed by atoms with E-state index in [-0.39, 0.29) is 18.8 Å². The molecule has 170 valence electrons. The second-order valence-electron chi connectivity index (χ2n) is 8.30. The summed E-state index contributed by atoms with van der Waals surface area (Å²) in [6.45, 7) is 6.18.